The number of sulfonamides is 1. The highest BCUT2D eigenvalue weighted by molar-refractivity contribution is 7.89. The number of rotatable bonds is 6. The number of hydrogen-bond acceptors (Lipinski definition) is 6. The van der Waals surface area contributed by atoms with E-state index in [1.807, 2.05) is 0 Å². The first-order valence-corrected chi connectivity index (χ1v) is 9.13. The molecule has 1 atom stereocenters. The number of nitrogens with zero attached hydrogens (tertiary/aromatic N) is 2. The van der Waals surface area contributed by atoms with Gasteiger partial charge in [0.1, 0.15) is 11.8 Å². The van der Waals surface area contributed by atoms with E-state index < -0.39 is 27.9 Å². The molecule has 0 aliphatic carbocycles. The van der Waals surface area contributed by atoms with E-state index in [4.69, 9.17) is 4.52 Å². The fourth-order valence-electron chi connectivity index (χ4n) is 1.99. The lowest BCUT2D eigenvalue weighted by molar-refractivity contribution is -0.117. The van der Waals surface area contributed by atoms with Crippen molar-refractivity contribution in [2.24, 2.45) is 0 Å². The third-order valence-electron chi connectivity index (χ3n) is 3.52. The first-order chi connectivity index (χ1) is 12.1. The van der Waals surface area contributed by atoms with Crippen LogP contribution in [0.4, 0.5) is 5.82 Å². The molecule has 1 heterocycles. The number of anilines is 1. The Balaban J connectivity index is 2.01. The van der Waals surface area contributed by atoms with Gasteiger partial charge in [-0.1, -0.05) is 5.16 Å². The molecule has 0 saturated carbocycles. The second-order valence-electron chi connectivity index (χ2n) is 5.82. The van der Waals surface area contributed by atoms with Gasteiger partial charge in [0.2, 0.25) is 15.9 Å². The average molecular weight is 380 g/mol. The molecule has 2 amide bonds. The Morgan fingerprint density at radius 3 is 2.31 bits per heavy atom. The maximum Gasteiger partial charge on any atom is 0.251 e. The topological polar surface area (TPSA) is 122 Å². The molecule has 1 aromatic heterocycles. The number of aromatic nitrogens is 1. The van der Waals surface area contributed by atoms with Crippen LogP contribution in [0.5, 0.6) is 0 Å². The lowest BCUT2D eigenvalue weighted by atomic mass is 10.2. The van der Waals surface area contributed by atoms with Gasteiger partial charge in [-0.15, -0.1) is 0 Å². The molecule has 0 unspecified atom stereocenters. The Morgan fingerprint density at radius 1 is 1.19 bits per heavy atom. The van der Waals surface area contributed by atoms with Gasteiger partial charge >= 0.3 is 0 Å². The van der Waals surface area contributed by atoms with E-state index in [1.54, 1.807) is 13.0 Å². The molecule has 0 aliphatic heterocycles. The van der Waals surface area contributed by atoms with Crippen molar-refractivity contribution < 1.29 is 22.5 Å². The number of carbonyl (C=O) groups excluding carboxylic acids is 2. The first-order valence-electron chi connectivity index (χ1n) is 7.69. The van der Waals surface area contributed by atoms with Crippen molar-refractivity contribution in [1.82, 2.24) is 14.8 Å². The Bertz CT molecular complexity index is 903. The molecule has 0 bridgehead atoms. The largest absolute Gasteiger partial charge is 0.360 e. The Labute approximate surface area is 151 Å². The van der Waals surface area contributed by atoms with Crippen LogP contribution in [-0.2, 0) is 14.8 Å². The number of carbonyl (C=O) groups is 2. The average Bonchev–Trinajstić information content (AvgIpc) is 2.99. The van der Waals surface area contributed by atoms with Gasteiger partial charge in [-0.2, -0.15) is 0 Å². The maximum absolute atomic E-state index is 12.2. The molecule has 2 aromatic rings. The van der Waals surface area contributed by atoms with Gasteiger partial charge in [-0.3, -0.25) is 9.59 Å². The lowest BCUT2D eigenvalue weighted by Gasteiger charge is -2.14. The highest BCUT2D eigenvalue weighted by Gasteiger charge is 2.20. The lowest BCUT2D eigenvalue weighted by Crippen LogP contribution is -2.41. The molecule has 26 heavy (non-hydrogen) atoms. The van der Waals surface area contributed by atoms with Gasteiger partial charge in [0, 0.05) is 25.7 Å². The van der Waals surface area contributed by atoms with Gasteiger partial charge in [0.05, 0.1) is 4.90 Å². The van der Waals surface area contributed by atoms with E-state index in [2.05, 4.69) is 15.8 Å². The van der Waals surface area contributed by atoms with Crippen LogP contribution in [0.25, 0.3) is 0 Å². The molecule has 2 rings (SSSR count). The van der Waals surface area contributed by atoms with E-state index in [9.17, 15) is 18.0 Å². The summed E-state index contributed by atoms with van der Waals surface area (Å²) in [6.07, 6.45) is 0. The number of nitrogens with one attached hydrogen (secondary N) is 2. The molecule has 0 radical (unpaired) electrons. The zero-order chi connectivity index (χ0) is 19.5. The smallest absolute Gasteiger partial charge is 0.251 e. The second-order valence-corrected chi connectivity index (χ2v) is 7.97. The van der Waals surface area contributed by atoms with Crippen molar-refractivity contribution in [3.63, 3.8) is 0 Å². The van der Waals surface area contributed by atoms with Crippen molar-refractivity contribution in [3.05, 3.63) is 41.7 Å². The summed E-state index contributed by atoms with van der Waals surface area (Å²) in [5.41, 5.74) is 0.236. The molecule has 9 nitrogen and oxygen atoms in total. The monoisotopic (exact) mass is 380 g/mol. The minimum Gasteiger partial charge on any atom is -0.360 e. The van der Waals surface area contributed by atoms with E-state index in [1.165, 1.54) is 45.3 Å². The zero-order valence-electron chi connectivity index (χ0n) is 14.8. The second kappa shape index (κ2) is 7.67. The quantitative estimate of drug-likeness (QED) is 0.771. The molecule has 0 fully saturated rings. The predicted molar refractivity (Wildman–Crippen MR) is 94.1 cm³/mol. The first kappa shape index (κ1) is 19.6. The minimum absolute atomic E-state index is 0.0752. The van der Waals surface area contributed by atoms with Crippen LogP contribution in [0.15, 0.2) is 39.8 Å². The summed E-state index contributed by atoms with van der Waals surface area (Å²) in [6, 6.07) is 6.18. The van der Waals surface area contributed by atoms with Crippen molar-refractivity contribution in [2.75, 3.05) is 19.4 Å². The molecule has 1 aromatic carbocycles. The summed E-state index contributed by atoms with van der Waals surface area (Å²) in [7, 11) is -0.720. The van der Waals surface area contributed by atoms with Crippen LogP contribution in [0.3, 0.4) is 0 Å². The summed E-state index contributed by atoms with van der Waals surface area (Å²) in [6.45, 7) is 3.21. The normalized spacial score (nSPS) is 12.7. The van der Waals surface area contributed by atoms with Gasteiger partial charge in [0.25, 0.3) is 5.91 Å². The van der Waals surface area contributed by atoms with E-state index in [0.29, 0.717) is 5.76 Å². The maximum atomic E-state index is 12.2. The highest BCUT2D eigenvalue weighted by atomic mass is 32.2. The number of benzene rings is 1. The number of amides is 2. The molecular formula is C16H20N4O5S. The summed E-state index contributed by atoms with van der Waals surface area (Å²) in [5, 5.41) is 8.69. The summed E-state index contributed by atoms with van der Waals surface area (Å²) in [5.74, 6) is -0.159. The van der Waals surface area contributed by atoms with Gasteiger partial charge < -0.3 is 15.2 Å². The molecule has 0 saturated heterocycles. The standard InChI is InChI=1S/C16H20N4O5S/c1-10-9-14(19-25-10)18-15(21)11(2)17-16(22)12-5-7-13(8-6-12)26(23,24)20(3)4/h5-9,11H,1-4H3,(H,17,22)(H,18,19,21)/t11-/m0/s1. The SMILES string of the molecule is Cc1cc(NC(=O)[C@H](C)NC(=O)c2ccc(S(=O)(=O)N(C)C)cc2)no1. The third-order valence-corrected chi connectivity index (χ3v) is 5.34. The van der Waals surface area contributed by atoms with Crippen LogP contribution in [0, 0.1) is 6.92 Å². The molecule has 140 valence electrons. The van der Waals surface area contributed by atoms with Crippen LogP contribution in [0.2, 0.25) is 0 Å². The Kier molecular flexibility index (Phi) is 5.78. The van der Waals surface area contributed by atoms with E-state index in [-0.39, 0.29) is 16.3 Å². The highest BCUT2D eigenvalue weighted by Crippen LogP contribution is 2.14. The zero-order valence-corrected chi connectivity index (χ0v) is 15.6. The molecule has 0 aliphatic rings. The predicted octanol–water partition coefficient (Wildman–Crippen LogP) is 0.990. The third kappa shape index (κ3) is 4.46. The molecular weight excluding hydrogens is 360 g/mol. The van der Waals surface area contributed by atoms with Crippen LogP contribution >= 0.6 is 0 Å². The van der Waals surface area contributed by atoms with E-state index >= 15 is 0 Å². The fourth-order valence-corrected chi connectivity index (χ4v) is 2.90. The Hall–Kier alpha value is -2.72. The summed E-state index contributed by atoms with van der Waals surface area (Å²) in [4.78, 5) is 24.4. The van der Waals surface area contributed by atoms with Crippen LogP contribution < -0.4 is 10.6 Å². The number of aryl methyl sites for hydroxylation is 1. The van der Waals surface area contributed by atoms with E-state index in [0.717, 1.165) is 4.31 Å². The number of hydrogen-bond donors (Lipinski definition) is 2. The van der Waals surface area contributed by atoms with Gasteiger partial charge in [-0.25, -0.2) is 12.7 Å². The molecule has 0 spiro atoms. The van der Waals surface area contributed by atoms with Gasteiger partial charge in [-0.05, 0) is 38.1 Å². The fraction of sp³-hybridized carbons (Fsp3) is 0.312. The van der Waals surface area contributed by atoms with Crippen LogP contribution in [0.1, 0.15) is 23.0 Å². The minimum atomic E-state index is -3.57. The Morgan fingerprint density at radius 2 is 1.81 bits per heavy atom. The van der Waals surface area contributed by atoms with Crippen molar-refractivity contribution in [3.8, 4) is 0 Å². The molecule has 10 heteroatoms. The van der Waals surface area contributed by atoms with Crippen molar-refractivity contribution in [1.29, 1.82) is 0 Å². The van der Waals surface area contributed by atoms with Crippen molar-refractivity contribution in [2.45, 2.75) is 24.8 Å². The summed E-state index contributed by atoms with van der Waals surface area (Å²) < 4.78 is 30.0. The van der Waals surface area contributed by atoms with Gasteiger partial charge in [0.15, 0.2) is 5.82 Å². The van der Waals surface area contributed by atoms with Crippen LogP contribution in [-0.4, -0.2) is 49.8 Å². The van der Waals surface area contributed by atoms with Crippen molar-refractivity contribution >= 4 is 27.7 Å². The summed E-state index contributed by atoms with van der Waals surface area (Å²) >= 11 is 0. The molecule has 2 N–H and O–H groups in total.